The van der Waals surface area contributed by atoms with E-state index in [-0.39, 0.29) is 11.5 Å². The number of nitrogens with one attached hydrogen (secondary N) is 2. The summed E-state index contributed by atoms with van der Waals surface area (Å²) in [5.74, 6) is 0.176. The van der Waals surface area contributed by atoms with Crippen molar-refractivity contribution in [3.63, 3.8) is 0 Å². The van der Waals surface area contributed by atoms with Gasteiger partial charge >= 0.3 is 0 Å². The van der Waals surface area contributed by atoms with E-state index in [0.717, 1.165) is 49.5 Å². The second-order valence-corrected chi connectivity index (χ2v) is 7.35. The second-order valence-electron chi connectivity index (χ2n) is 7.35. The minimum atomic E-state index is 0.0532. The molecule has 146 valence electrons. The number of hydrogen-bond acceptors (Lipinski definition) is 5. The van der Waals surface area contributed by atoms with Crippen LogP contribution in [0.5, 0.6) is 11.5 Å². The molecule has 6 heteroatoms. The number of aromatic amines is 1. The van der Waals surface area contributed by atoms with Crippen molar-refractivity contribution in [1.29, 1.82) is 0 Å². The van der Waals surface area contributed by atoms with E-state index in [1.54, 1.807) is 6.20 Å². The molecule has 0 bridgehead atoms. The first-order valence-corrected chi connectivity index (χ1v) is 9.71. The van der Waals surface area contributed by atoms with Gasteiger partial charge in [-0.05, 0) is 37.0 Å². The third-order valence-electron chi connectivity index (χ3n) is 5.31. The summed E-state index contributed by atoms with van der Waals surface area (Å²) in [7, 11) is 0. The zero-order valence-electron chi connectivity index (χ0n) is 16.1. The summed E-state index contributed by atoms with van der Waals surface area (Å²) in [6.07, 6.45) is 3.33. The molecule has 4 N–H and O–H groups in total. The number of aromatic nitrogens is 2. The van der Waals surface area contributed by atoms with E-state index >= 15 is 0 Å². The van der Waals surface area contributed by atoms with Gasteiger partial charge in [-0.1, -0.05) is 29.8 Å². The van der Waals surface area contributed by atoms with Crippen molar-refractivity contribution in [2.45, 2.75) is 19.8 Å². The van der Waals surface area contributed by atoms with Gasteiger partial charge in [0, 0.05) is 37.8 Å². The fourth-order valence-corrected chi connectivity index (χ4v) is 3.79. The van der Waals surface area contributed by atoms with Crippen LogP contribution in [0.3, 0.4) is 0 Å². The van der Waals surface area contributed by atoms with Crippen molar-refractivity contribution in [2.75, 3.05) is 31.1 Å². The van der Waals surface area contributed by atoms with Gasteiger partial charge in [-0.15, -0.1) is 0 Å². The number of anilines is 1. The number of phenols is 2. The molecule has 2 heterocycles. The predicted molar refractivity (Wildman–Crippen MR) is 111 cm³/mol. The number of phenolic OH excluding ortho intramolecular Hbond substituents is 2. The molecule has 0 aliphatic carbocycles. The summed E-state index contributed by atoms with van der Waals surface area (Å²) >= 11 is 0. The Balaban J connectivity index is 1.62. The number of H-pyrrole nitrogens is 1. The van der Waals surface area contributed by atoms with Crippen LogP contribution >= 0.6 is 0 Å². The fourth-order valence-electron chi connectivity index (χ4n) is 3.79. The molecule has 0 spiro atoms. The molecule has 28 heavy (non-hydrogen) atoms. The summed E-state index contributed by atoms with van der Waals surface area (Å²) in [5.41, 5.74) is 5.71. The van der Waals surface area contributed by atoms with Crippen LogP contribution in [0.15, 0.2) is 42.6 Å². The largest absolute Gasteiger partial charge is 0.508 e. The number of rotatable bonds is 5. The molecule has 1 aromatic heterocycles. The average Bonchev–Trinajstić information content (AvgIpc) is 3.18. The average molecular weight is 378 g/mol. The molecule has 1 aliphatic rings. The number of hydrogen-bond donors (Lipinski definition) is 4. The van der Waals surface area contributed by atoms with Gasteiger partial charge < -0.3 is 20.4 Å². The molecule has 0 unspecified atom stereocenters. The Morgan fingerprint density at radius 1 is 1.04 bits per heavy atom. The normalized spacial score (nSPS) is 14.4. The molecule has 6 nitrogen and oxygen atoms in total. The molecule has 0 radical (unpaired) electrons. The van der Waals surface area contributed by atoms with Gasteiger partial charge in [0.15, 0.2) is 0 Å². The van der Waals surface area contributed by atoms with E-state index in [4.69, 9.17) is 0 Å². The Labute approximate surface area is 164 Å². The molecule has 0 amide bonds. The van der Waals surface area contributed by atoms with Gasteiger partial charge in [0.1, 0.15) is 11.5 Å². The van der Waals surface area contributed by atoms with Crippen molar-refractivity contribution in [1.82, 2.24) is 15.5 Å². The van der Waals surface area contributed by atoms with Gasteiger partial charge in [0.2, 0.25) is 0 Å². The minimum Gasteiger partial charge on any atom is -0.508 e. The highest BCUT2D eigenvalue weighted by Gasteiger charge is 2.20. The Morgan fingerprint density at radius 2 is 1.86 bits per heavy atom. The van der Waals surface area contributed by atoms with E-state index in [9.17, 15) is 10.2 Å². The summed E-state index contributed by atoms with van der Waals surface area (Å²) in [4.78, 5) is 2.26. The Bertz CT molecular complexity index is 961. The van der Waals surface area contributed by atoms with Gasteiger partial charge in [-0.3, -0.25) is 5.10 Å². The van der Waals surface area contributed by atoms with Gasteiger partial charge in [-0.25, -0.2) is 0 Å². The number of nitrogens with zero attached hydrogens (tertiary/aromatic N) is 2. The maximum Gasteiger partial charge on any atom is 0.128 e. The number of aryl methyl sites for hydroxylation is 3. The summed E-state index contributed by atoms with van der Waals surface area (Å²) < 4.78 is 0. The highest BCUT2D eigenvalue weighted by atomic mass is 16.3. The van der Waals surface area contributed by atoms with Crippen LogP contribution in [0.2, 0.25) is 0 Å². The highest BCUT2D eigenvalue weighted by Crippen LogP contribution is 2.38. The van der Waals surface area contributed by atoms with Crippen LogP contribution in [-0.4, -0.2) is 46.6 Å². The molecule has 3 aromatic rings. The molecule has 1 saturated heterocycles. The van der Waals surface area contributed by atoms with Crippen molar-refractivity contribution >= 4 is 5.69 Å². The summed E-state index contributed by atoms with van der Waals surface area (Å²) in [6.45, 7) is 5.72. The Hall–Kier alpha value is -2.99. The molecular formula is C22H26N4O2. The van der Waals surface area contributed by atoms with Gasteiger partial charge in [-0.2, -0.15) is 5.10 Å². The smallest absolute Gasteiger partial charge is 0.128 e. The van der Waals surface area contributed by atoms with Crippen LogP contribution in [0, 0.1) is 6.92 Å². The van der Waals surface area contributed by atoms with E-state index < -0.39 is 0 Å². The first-order valence-electron chi connectivity index (χ1n) is 9.71. The standard InChI is InChI=1S/C22H26N4O2/c1-15-3-2-4-16(11-15)5-6-17-12-18(21(28)13-20(17)27)22-19(14-24-25-22)26-9-7-23-8-10-26/h2-4,11-14,23,27-28H,5-10H2,1H3,(H,24,25). The number of aromatic hydroxyl groups is 2. The Kier molecular flexibility index (Phi) is 5.21. The van der Waals surface area contributed by atoms with E-state index in [0.29, 0.717) is 12.0 Å². The van der Waals surface area contributed by atoms with E-state index in [1.165, 1.54) is 17.2 Å². The third-order valence-corrected chi connectivity index (χ3v) is 5.31. The zero-order valence-corrected chi connectivity index (χ0v) is 16.1. The molecule has 4 rings (SSSR count). The molecule has 0 atom stereocenters. The van der Waals surface area contributed by atoms with Crippen molar-refractivity contribution in [2.24, 2.45) is 0 Å². The van der Waals surface area contributed by atoms with Gasteiger partial charge in [0.05, 0.1) is 17.6 Å². The van der Waals surface area contributed by atoms with Crippen LogP contribution in [0.4, 0.5) is 5.69 Å². The summed E-state index contributed by atoms with van der Waals surface area (Å²) in [6, 6.07) is 11.7. The SMILES string of the molecule is Cc1cccc(CCc2cc(-c3[nH]ncc3N3CCNCC3)c(O)cc2O)c1. The lowest BCUT2D eigenvalue weighted by Crippen LogP contribution is -2.43. The predicted octanol–water partition coefficient (Wildman–Crippen LogP) is 2.99. The number of benzene rings is 2. The quantitative estimate of drug-likeness (QED) is 0.549. The lowest BCUT2D eigenvalue weighted by molar-refractivity contribution is 0.447. The van der Waals surface area contributed by atoms with Crippen LogP contribution in [-0.2, 0) is 12.8 Å². The van der Waals surface area contributed by atoms with E-state index in [1.807, 2.05) is 6.07 Å². The molecule has 0 saturated carbocycles. The van der Waals surface area contributed by atoms with Crippen molar-refractivity contribution in [3.05, 3.63) is 59.3 Å². The van der Waals surface area contributed by atoms with Crippen molar-refractivity contribution < 1.29 is 10.2 Å². The maximum absolute atomic E-state index is 10.5. The maximum atomic E-state index is 10.5. The van der Waals surface area contributed by atoms with Gasteiger partial charge in [0.25, 0.3) is 0 Å². The highest BCUT2D eigenvalue weighted by molar-refractivity contribution is 5.80. The first-order chi connectivity index (χ1) is 13.6. The van der Waals surface area contributed by atoms with Crippen LogP contribution in [0.1, 0.15) is 16.7 Å². The lowest BCUT2D eigenvalue weighted by Gasteiger charge is -2.29. The monoisotopic (exact) mass is 378 g/mol. The molecule has 1 aliphatic heterocycles. The Morgan fingerprint density at radius 3 is 2.64 bits per heavy atom. The fraction of sp³-hybridized carbons (Fsp3) is 0.318. The summed E-state index contributed by atoms with van der Waals surface area (Å²) in [5, 5.41) is 31.4. The lowest BCUT2D eigenvalue weighted by atomic mass is 9.98. The topological polar surface area (TPSA) is 84.4 Å². The molecule has 1 fully saturated rings. The van der Waals surface area contributed by atoms with Crippen LogP contribution < -0.4 is 10.2 Å². The first kappa shape index (κ1) is 18.4. The van der Waals surface area contributed by atoms with Crippen molar-refractivity contribution in [3.8, 4) is 22.8 Å². The second kappa shape index (κ2) is 7.94. The molecule has 2 aromatic carbocycles. The molecular weight excluding hydrogens is 352 g/mol. The van der Waals surface area contributed by atoms with E-state index in [2.05, 4.69) is 51.6 Å². The minimum absolute atomic E-state index is 0.0532. The zero-order chi connectivity index (χ0) is 19.5. The third kappa shape index (κ3) is 3.82. The number of piperazine rings is 1. The van der Waals surface area contributed by atoms with Crippen LogP contribution in [0.25, 0.3) is 11.3 Å².